The minimum Gasteiger partial charge on any atom is -0.415 e. The van der Waals surface area contributed by atoms with Gasteiger partial charge in [0.05, 0.1) is 31.0 Å². The number of alkyl halides is 3. The minimum atomic E-state index is -2.86. The smallest absolute Gasteiger partial charge is 0.314 e. The van der Waals surface area contributed by atoms with Crippen molar-refractivity contribution in [1.29, 1.82) is 0 Å². The highest BCUT2D eigenvalue weighted by Crippen LogP contribution is 2.50. The minimum absolute atomic E-state index is 0.0514. The second kappa shape index (κ2) is 9.77. The summed E-state index contributed by atoms with van der Waals surface area (Å²) in [6.07, 6.45) is 1.01. The van der Waals surface area contributed by atoms with Crippen LogP contribution in [-0.2, 0) is 16.1 Å². The Morgan fingerprint density at radius 3 is 2.39 bits per heavy atom. The molecule has 0 atom stereocenters. The molecule has 1 aromatic carbocycles. The molecule has 3 aromatic rings. The highest BCUT2D eigenvalue weighted by molar-refractivity contribution is 5.99. The fourth-order valence-corrected chi connectivity index (χ4v) is 5.66. The van der Waals surface area contributed by atoms with Crippen molar-refractivity contribution >= 4 is 11.6 Å². The number of anilines is 1. The third kappa shape index (κ3) is 4.69. The first kappa shape index (κ1) is 25.0. The Bertz CT molecular complexity index is 1270. The molecule has 0 N–H and O–H groups in total. The fraction of sp³-hybridized carbons (Fsp3) is 0.481. The number of piperidine rings is 1. The summed E-state index contributed by atoms with van der Waals surface area (Å²) in [5.41, 5.74) is -0.184. The Labute approximate surface area is 217 Å². The lowest BCUT2D eigenvalue weighted by Gasteiger charge is -2.57. The average molecular weight is 528 g/mol. The lowest BCUT2D eigenvalue weighted by molar-refractivity contribution is -0.188. The van der Waals surface area contributed by atoms with Crippen LogP contribution in [0, 0.1) is 5.41 Å². The maximum atomic E-state index is 16.2. The van der Waals surface area contributed by atoms with Crippen LogP contribution in [0.2, 0.25) is 0 Å². The molecular formula is C27H28F3N5O3. The largest absolute Gasteiger partial charge is 0.415 e. The Hall–Kier alpha value is -3.31. The summed E-state index contributed by atoms with van der Waals surface area (Å²) >= 11 is 0. The predicted octanol–water partition coefficient (Wildman–Crippen LogP) is 4.59. The molecule has 0 unspecified atom stereocenters. The van der Waals surface area contributed by atoms with Gasteiger partial charge in [-0.1, -0.05) is 18.2 Å². The van der Waals surface area contributed by atoms with E-state index in [-0.39, 0.29) is 25.3 Å². The van der Waals surface area contributed by atoms with Gasteiger partial charge in [-0.05, 0) is 37.1 Å². The van der Waals surface area contributed by atoms with Crippen molar-refractivity contribution in [3.8, 4) is 11.5 Å². The first-order chi connectivity index (χ1) is 18.3. The van der Waals surface area contributed by atoms with E-state index in [1.54, 1.807) is 36.4 Å². The van der Waals surface area contributed by atoms with E-state index in [0.29, 0.717) is 41.5 Å². The fourth-order valence-electron chi connectivity index (χ4n) is 5.66. The monoisotopic (exact) mass is 527 g/mol. The maximum Gasteiger partial charge on any atom is 0.314 e. The van der Waals surface area contributed by atoms with Crippen LogP contribution in [-0.4, -0.2) is 64.0 Å². The summed E-state index contributed by atoms with van der Waals surface area (Å²) < 4.78 is 52.1. The van der Waals surface area contributed by atoms with Crippen molar-refractivity contribution in [1.82, 2.24) is 20.1 Å². The molecule has 8 nitrogen and oxygen atoms in total. The third-order valence-corrected chi connectivity index (χ3v) is 7.98. The van der Waals surface area contributed by atoms with Crippen molar-refractivity contribution < 1.29 is 27.1 Å². The van der Waals surface area contributed by atoms with E-state index in [1.807, 2.05) is 6.07 Å². The highest BCUT2D eigenvalue weighted by Gasteiger charge is 2.53. The number of para-hydroxylation sites is 1. The van der Waals surface area contributed by atoms with Crippen LogP contribution in [0.25, 0.3) is 11.5 Å². The summed E-state index contributed by atoms with van der Waals surface area (Å²) in [6, 6.07) is 12.6. The molecule has 1 aliphatic carbocycles. The van der Waals surface area contributed by atoms with Gasteiger partial charge in [0.2, 0.25) is 5.89 Å². The Morgan fingerprint density at radius 1 is 1.08 bits per heavy atom. The molecule has 1 spiro atoms. The van der Waals surface area contributed by atoms with Crippen LogP contribution in [0.15, 0.2) is 53.1 Å². The molecule has 4 heterocycles. The number of likely N-dealkylation sites (tertiary alicyclic amines) is 1. The van der Waals surface area contributed by atoms with E-state index < -0.39 is 23.9 Å². The number of benzene rings is 1. The van der Waals surface area contributed by atoms with E-state index in [2.05, 4.69) is 20.1 Å². The number of rotatable bonds is 7. The molecule has 1 saturated carbocycles. The standard InChI is InChI=1S/C27H28F3N5O3/c28-22(29)24-33-32-23(38-24)18-6-7-19(31-14-18)15-35(20-4-2-1-3-5-20)25(36)27(30)8-10-34(11-9-27)21-12-26(13-21)16-37-17-26/h1-7,14,21-22H,8-13,15-17H2. The van der Waals surface area contributed by atoms with Crippen LogP contribution in [0.1, 0.15) is 43.7 Å². The molecule has 3 aliphatic rings. The summed E-state index contributed by atoms with van der Waals surface area (Å²) in [5.74, 6) is -1.42. The van der Waals surface area contributed by atoms with E-state index in [4.69, 9.17) is 9.15 Å². The Balaban J connectivity index is 1.15. The first-order valence-corrected chi connectivity index (χ1v) is 12.8. The second-order valence-electron chi connectivity index (χ2n) is 10.6. The van der Waals surface area contributed by atoms with Gasteiger partial charge in [-0.25, -0.2) is 4.39 Å². The topological polar surface area (TPSA) is 84.6 Å². The van der Waals surface area contributed by atoms with Crippen LogP contribution in [0.4, 0.5) is 18.9 Å². The number of pyridine rings is 1. The zero-order valence-electron chi connectivity index (χ0n) is 20.7. The lowest BCUT2D eigenvalue weighted by Crippen LogP contribution is -2.62. The van der Waals surface area contributed by atoms with Crippen LogP contribution < -0.4 is 4.90 Å². The zero-order chi connectivity index (χ0) is 26.3. The maximum absolute atomic E-state index is 16.2. The Kier molecular flexibility index (Phi) is 6.43. The Morgan fingerprint density at radius 2 is 1.82 bits per heavy atom. The van der Waals surface area contributed by atoms with Crippen molar-refractivity contribution in [3.05, 3.63) is 60.2 Å². The van der Waals surface area contributed by atoms with E-state index in [1.165, 1.54) is 11.1 Å². The molecule has 0 bridgehead atoms. The van der Waals surface area contributed by atoms with Gasteiger partial charge in [0.25, 0.3) is 11.8 Å². The average Bonchev–Trinajstić information content (AvgIpc) is 3.38. The number of nitrogens with zero attached hydrogens (tertiary/aromatic N) is 5. The number of hydrogen-bond donors (Lipinski definition) is 0. The molecule has 3 fully saturated rings. The highest BCUT2D eigenvalue weighted by atomic mass is 19.3. The van der Waals surface area contributed by atoms with Crippen molar-refractivity contribution in [3.63, 3.8) is 0 Å². The summed E-state index contributed by atoms with van der Waals surface area (Å²) in [5, 5.41) is 6.95. The van der Waals surface area contributed by atoms with Gasteiger partial charge < -0.3 is 19.0 Å². The SMILES string of the molecule is O=C(N(Cc1ccc(-c2nnc(C(F)F)o2)cn1)c1ccccc1)C1(F)CCN(C2CC3(COC3)C2)CC1. The summed E-state index contributed by atoms with van der Waals surface area (Å²) in [4.78, 5) is 21.8. The van der Waals surface area contributed by atoms with E-state index >= 15 is 4.39 Å². The number of amides is 1. The van der Waals surface area contributed by atoms with Gasteiger partial charge in [0.15, 0.2) is 5.67 Å². The second-order valence-corrected chi connectivity index (χ2v) is 10.6. The first-order valence-electron chi connectivity index (χ1n) is 12.8. The number of aromatic nitrogens is 3. The number of carbonyl (C=O) groups is 1. The van der Waals surface area contributed by atoms with E-state index in [0.717, 1.165) is 26.1 Å². The van der Waals surface area contributed by atoms with Crippen molar-refractivity contribution in [2.75, 3.05) is 31.2 Å². The predicted molar refractivity (Wildman–Crippen MR) is 131 cm³/mol. The molecule has 6 rings (SSSR count). The third-order valence-electron chi connectivity index (χ3n) is 7.98. The van der Waals surface area contributed by atoms with Crippen LogP contribution in [0.5, 0.6) is 0 Å². The van der Waals surface area contributed by atoms with Gasteiger partial charge in [-0.3, -0.25) is 9.78 Å². The normalized spacial score (nSPS) is 20.7. The molecule has 11 heteroatoms. The number of ether oxygens (including phenoxy) is 1. The quantitative estimate of drug-likeness (QED) is 0.445. The summed E-state index contributed by atoms with van der Waals surface area (Å²) in [6.45, 7) is 2.80. The van der Waals surface area contributed by atoms with Gasteiger partial charge in [0, 0.05) is 49.3 Å². The van der Waals surface area contributed by atoms with Gasteiger partial charge >= 0.3 is 6.43 Å². The molecular weight excluding hydrogens is 499 g/mol. The van der Waals surface area contributed by atoms with Crippen LogP contribution in [0.3, 0.4) is 0 Å². The number of hydrogen-bond acceptors (Lipinski definition) is 7. The number of halogens is 3. The van der Waals surface area contributed by atoms with Gasteiger partial charge in [0.1, 0.15) is 0 Å². The number of carbonyl (C=O) groups excluding carboxylic acids is 1. The van der Waals surface area contributed by atoms with Gasteiger partial charge in [-0.2, -0.15) is 8.78 Å². The van der Waals surface area contributed by atoms with Crippen molar-refractivity contribution in [2.24, 2.45) is 5.41 Å². The molecule has 2 aliphatic heterocycles. The molecule has 0 radical (unpaired) electrons. The molecule has 200 valence electrons. The summed E-state index contributed by atoms with van der Waals surface area (Å²) in [7, 11) is 0. The lowest BCUT2D eigenvalue weighted by atomic mass is 9.63. The molecule has 2 saturated heterocycles. The molecule has 2 aromatic heterocycles. The molecule has 1 amide bonds. The van der Waals surface area contributed by atoms with Gasteiger partial charge in [-0.15, -0.1) is 10.2 Å². The zero-order valence-corrected chi connectivity index (χ0v) is 20.7. The van der Waals surface area contributed by atoms with Crippen LogP contribution >= 0.6 is 0 Å². The van der Waals surface area contributed by atoms with E-state index in [9.17, 15) is 13.6 Å². The molecule has 38 heavy (non-hydrogen) atoms. The van der Waals surface area contributed by atoms with Crippen molar-refractivity contribution in [2.45, 2.75) is 50.4 Å².